The number of hydrogen-bond donors (Lipinski definition) is 3. The standard InChI is InChI=1S/C10H9O8P/c11-7-5-3-1-2-4-6(5)17-19(15,16)18-10(14)9(13)8(7)12/h1-4,8-9,12-13H,(H,15,16). The summed E-state index contributed by atoms with van der Waals surface area (Å²) in [6.07, 6.45) is -4.39. The minimum absolute atomic E-state index is 0.248. The molecule has 3 atom stereocenters. The second-order valence-electron chi connectivity index (χ2n) is 3.72. The van der Waals surface area contributed by atoms with Crippen molar-refractivity contribution in [2.24, 2.45) is 0 Å². The van der Waals surface area contributed by atoms with Crippen LogP contribution < -0.4 is 4.52 Å². The summed E-state index contributed by atoms with van der Waals surface area (Å²) in [5.41, 5.74) is -0.248. The third-order valence-corrected chi connectivity index (χ3v) is 3.22. The van der Waals surface area contributed by atoms with E-state index in [1.165, 1.54) is 24.3 Å². The Hall–Kier alpha value is -1.73. The van der Waals surface area contributed by atoms with Gasteiger partial charge >= 0.3 is 13.8 Å². The summed E-state index contributed by atoms with van der Waals surface area (Å²) in [6.45, 7) is 0. The Kier molecular flexibility index (Phi) is 3.42. The van der Waals surface area contributed by atoms with Crippen molar-refractivity contribution >= 4 is 19.6 Å². The van der Waals surface area contributed by atoms with Crippen molar-refractivity contribution in [3.63, 3.8) is 0 Å². The zero-order valence-corrected chi connectivity index (χ0v) is 10.2. The molecule has 0 saturated carbocycles. The number of carbonyl (C=O) groups is 2. The highest BCUT2D eigenvalue weighted by molar-refractivity contribution is 7.48. The molecule has 1 aliphatic heterocycles. The van der Waals surface area contributed by atoms with E-state index in [1.807, 2.05) is 0 Å². The Morgan fingerprint density at radius 2 is 1.68 bits per heavy atom. The van der Waals surface area contributed by atoms with Crippen molar-refractivity contribution in [1.29, 1.82) is 0 Å². The average Bonchev–Trinajstić information content (AvgIpc) is 2.36. The van der Waals surface area contributed by atoms with Gasteiger partial charge in [0.25, 0.3) is 0 Å². The fourth-order valence-electron chi connectivity index (χ4n) is 1.49. The Morgan fingerprint density at radius 1 is 1.05 bits per heavy atom. The van der Waals surface area contributed by atoms with Crippen molar-refractivity contribution in [1.82, 2.24) is 0 Å². The molecule has 9 heteroatoms. The van der Waals surface area contributed by atoms with E-state index in [1.54, 1.807) is 0 Å². The number of aliphatic hydroxyl groups excluding tert-OH is 2. The van der Waals surface area contributed by atoms with Gasteiger partial charge < -0.3 is 19.3 Å². The van der Waals surface area contributed by atoms with E-state index in [4.69, 9.17) is 0 Å². The summed E-state index contributed by atoms with van der Waals surface area (Å²) in [5.74, 6) is -2.99. The number of rotatable bonds is 0. The van der Waals surface area contributed by atoms with Gasteiger partial charge in [0.1, 0.15) is 5.75 Å². The molecule has 0 radical (unpaired) electrons. The van der Waals surface area contributed by atoms with Gasteiger partial charge in [0, 0.05) is 0 Å². The summed E-state index contributed by atoms with van der Waals surface area (Å²) < 4.78 is 20.1. The molecule has 1 aliphatic rings. The van der Waals surface area contributed by atoms with E-state index >= 15 is 0 Å². The van der Waals surface area contributed by atoms with Crippen molar-refractivity contribution in [2.45, 2.75) is 12.2 Å². The molecule has 0 saturated heterocycles. The zero-order valence-electron chi connectivity index (χ0n) is 9.29. The van der Waals surface area contributed by atoms with Gasteiger partial charge in [0.2, 0.25) is 0 Å². The molecule has 0 spiro atoms. The van der Waals surface area contributed by atoms with Gasteiger partial charge in [-0.2, -0.15) is 0 Å². The lowest BCUT2D eigenvalue weighted by molar-refractivity contribution is -0.149. The van der Waals surface area contributed by atoms with Crippen LogP contribution in [0.1, 0.15) is 10.4 Å². The van der Waals surface area contributed by atoms with Crippen LogP contribution >= 0.6 is 7.82 Å². The van der Waals surface area contributed by atoms with E-state index in [9.17, 15) is 29.3 Å². The number of phosphoric acid groups is 1. The minimum atomic E-state index is -4.84. The number of benzene rings is 1. The smallest absolute Gasteiger partial charge is 0.394 e. The molecule has 19 heavy (non-hydrogen) atoms. The maximum absolute atomic E-state index is 11.8. The normalized spacial score (nSPS) is 31.3. The van der Waals surface area contributed by atoms with Crippen molar-refractivity contribution in [2.75, 3.05) is 0 Å². The number of phosphoric ester groups is 1. The Balaban J connectivity index is 2.56. The fourth-order valence-corrected chi connectivity index (χ4v) is 2.27. The number of hydrogen-bond acceptors (Lipinski definition) is 7. The molecular weight excluding hydrogens is 279 g/mol. The first-order valence-electron chi connectivity index (χ1n) is 5.07. The molecule has 0 aromatic heterocycles. The summed E-state index contributed by atoms with van der Waals surface area (Å²) in [4.78, 5) is 32.4. The van der Waals surface area contributed by atoms with Crippen LogP contribution in [-0.4, -0.2) is 39.1 Å². The van der Waals surface area contributed by atoms with Crippen LogP contribution in [0, 0.1) is 0 Å². The molecule has 1 aromatic rings. The van der Waals surface area contributed by atoms with E-state index in [2.05, 4.69) is 9.05 Å². The average molecular weight is 288 g/mol. The number of Topliss-reactive ketones (excluding diaryl/α,β-unsaturated/α-hetero) is 1. The first kappa shape index (κ1) is 13.7. The van der Waals surface area contributed by atoms with E-state index < -0.39 is 31.8 Å². The molecule has 1 aromatic carbocycles. The molecule has 102 valence electrons. The summed E-state index contributed by atoms with van der Waals surface area (Å²) in [5, 5.41) is 18.9. The number of ketones is 1. The van der Waals surface area contributed by atoms with Crippen LogP contribution in [0.2, 0.25) is 0 Å². The monoisotopic (exact) mass is 288 g/mol. The summed E-state index contributed by atoms with van der Waals surface area (Å²) >= 11 is 0. The summed E-state index contributed by atoms with van der Waals surface area (Å²) in [7, 11) is -4.84. The highest BCUT2D eigenvalue weighted by Crippen LogP contribution is 2.46. The number of carbonyl (C=O) groups excluding carboxylic acids is 2. The first-order valence-corrected chi connectivity index (χ1v) is 6.56. The molecule has 0 aliphatic carbocycles. The highest BCUT2D eigenvalue weighted by atomic mass is 31.2. The third kappa shape index (κ3) is 2.66. The molecule has 3 N–H and O–H groups in total. The van der Waals surface area contributed by atoms with Crippen LogP contribution in [0.4, 0.5) is 0 Å². The second-order valence-corrected chi connectivity index (χ2v) is 5.02. The van der Waals surface area contributed by atoms with Gasteiger partial charge in [-0.3, -0.25) is 9.69 Å². The van der Waals surface area contributed by atoms with Gasteiger partial charge in [0.15, 0.2) is 18.0 Å². The first-order chi connectivity index (χ1) is 8.82. The van der Waals surface area contributed by atoms with Crippen molar-refractivity contribution in [3.05, 3.63) is 29.8 Å². The third-order valence-electron chi connectivity index (χ3n) is 2.38. The maximum atomic E-state index is 11.8. The molecule has 1 heterocycles. The van der Waals surface area contributed by atoms with Crippen molar-refractivity contribution in [3.8, 4) is 5.75 Å². The molecule has 0 bridgehead atoms. The minimum Gasteiger partial charge on any atom is -0.394 e. The molecular formula is C10H9O8P. The highest BCUT2D eigenvalue weighted by Gasteiger charge is 2.41. The Labute approximate surface area is 106 Å². The lowest BCUT2D eigenvalue weighted by atomic mass is 10.0. The van der Waals surface area contributed by atoms with Crippen LogP contribution in [0.5, 0.6) is 5.75 Å². The number of para-hydroxylation sites is 1. The van der Waals surface area contributed by atoms with Gasteiger partial charge in [-0.15, -0.1) is 0 Å². The summed E-state index contributed by atoms with van der Waals surface area (Å²) in [6, 6.07) is 5.23. The van der Waals surface area contributed by atoms with Crippen LogP contribution in [-0.2, 0) is 13.9 Å². The SMILES string of the molecule is O=C1OP(=O)(O)Oc2ccccc2C(=O)C(O)C1O. The van der Waals surface area contributed by atoms with Gasteiger partial charge in [-0.25, -0.2) is 9.36 Å². The molecule has 3 unspecified atom stereocenters. The van der Waals surface area contributed by atoms with Gasteiger partial charge in [-0.1, -0.05) is 12.1 Å². The topological polar surface area (TPSA) is 130 Å². The van der Waals surface area contributed by atoms with Crippen LogP contribution in [0.3, 0.4) is 0 Å². The quantitative estimate of drug-likeness (QED) is 0.551. The fraction of sp³-hybridized carbons (Fsp3) is 0.200. The largest absolute Gasteiger partial charge is 0.587 e. The number of aliphatic hydroxyl groups is 2. The molecule has 0 fully saturated rings. The number of fused-ring (bicyclic) bond motifs is 1. The second kappa shape index (κ2) is 4.75. The predicted molar refractivity (Wildman–Crippen MR) is 59.3 cm³/mol. The van der Waals surface area contributed by atoms with E-state index in [-0.39, 0.29) is 11.3 Å². The van der Waals surface area contributed by atoms with Gasteiger partial charge in [0.05, 0.1) is 5.56 Å². The van der Waals surface area contributed by atoms with E-state index in [0.29, 0.717) is 0 Å². The lowest BCUT2D eigenvalue weighted by Gasteiger charge is -2.13. The van der Waals surface area contributed by atoms with Crippen molar-refractivity contribution < 1.29 is 38.3 Å². The zero-order chi connectivity index (χ0) is 14.2. The molecule has 8 nitrogen and oxygen atoms in total. The maximum Gasteiger partial charge on any atom is 0.587 e. The Morgan fingerprint density at radius 3 is 2.37 bits per heavy atom. The predicted octanol–water partition coefficient (Wildman–Crippen LogP) is -0.373. The lowest BCUT2D eigenvalue weighted by Crippen LogP contribution is -2.40. The van der Waals surface area contributed by atoms with Crippen LogP contribution in [0.25, 0.3) is 0 Å². The van der Waals surface area contributed by atoms with Gasteiger partial charge in [-0.05, 0) is 12.1 Å². The van der Waals surface area contributed by atoms with Crippen LogP contribution in [0.15, 0.2) is 24.3 Å². The Bertz CT molecular complexity index is 583. The molecule has 2 rings (SSSR count). The van der Waals surface area contributed by atoms with E-state index in [0.717, 1.165) is 0 Å². The molecule has 0 amide bonds.